The number of piperidine rings is 4. The third kappa shape index (κ3) is 19.0. The zero-order valence-electron chi connectivity index (χ0n) is 58.8. The number of urea groups is 1. The number of likely N-dealkylation sites (tertiary alicyclic amines) is 2. The molecule has 103 heavy (non-hydrogen) atoms. The molecule has 5 aliphatic heterocycles. The number of nitrogens with one attached hydrogen (secondary N) is 6. The molecule has 27 heteroatoms. The number of hydrogen-bond donors (Lipinski definition) is 6. The molecule has 19 nitrogen and oxygen atoms in total. The van der Waals surface area contributed by atoms with Gasteiger partial charge >= 0.3 is 6.03 Å². The molecule has 0 atom stereocenters. The largest absolute Gasteiger partial charge is 0.361 e. The molecule has 10 heterocycles. The number of nitrogens with zero attached hydrogens (tertiary/aromatic N) is 6. The Labute approximate surface area is 620 Å². The third-order valence-electron chi connectivity index (χ3n) is 20.6. The van der Waals surface area contributed by atoms with Gasteiger partial charge in [0, 0.05) is 193 Å². The number of carbonyl (C=O) groups excluding carboxylic acids is 3. The van der Waals surface area contributed by atoms with Crippen LogP contribution in [0.15, 0.2) is 122 Å². The van der Waals surface area contributed by atoms with Crippen molar-refractivity contribution in [1.82, 2.24) is 58.4 Å². The molecule has 4 saturated heterocycles. The van der Waals surface area contributed by atoms with Crippen LogP contribution in [0.1, 0.15) is 123 Å². The first-order valence-corrected chi connectivity index (χ1v) is 40.2. The van der Waals surface area contributed by atoms with E-state index in [-0.39, 0.29) is 33.8 Å². The number of benzene rings is 5. The summed E-state index contributed by atoms with van der Waals surface area (Å²) in [5, 5.41) is 10.2. The van der Waals surface area contributed by atoms with Crippen LogP contribution in [-0.2, 0) is 29.6 Å². The Bertz CT molecular complexity index is 4920. The summed E-state index contributed by atoms with van der Waals surface area (Å²) in [5.74, 6) is 1.13. The van der Waals surface area contributed by atoms with Crippen LogP contribution >= 0.6 is 46.4 Å². The second-order valence-corrected chi connectivity index (χ2v) is 33.3. The maximum atomic E-state index is 13.7. The van der Waals surface area contributed by atoms with Crippen LogP contribution in [0.2, 0.25) is 20.1 Å². The number of rotatable bonds is 10. The van der Waals surface area contributed by atoms with E-state index in [0.717, 1.165) is 150 Å². The molecule has 6 N–H and O–H groups in total. The molecular formula is C76H90Cl4F2N12O7S2. The van der Waals surface area contributed by atoms with Crippen molar-refractivity contribution in [2.24, 2.45) is 0 Å². The summed E-state index contributed by atoms with van der Waals surface area (Å²) in [6, 6.07) is 26.5. The molecule has 4 fully saturated rings. The lowest BCUT2D eigenvalue weighted by Gasteiger charge is -2.32. The van der Waals surface area contributed by atoms with Gasteiger partial charge in [0.15, 0.2) is 0 Å². The van der Waals surface area contributed by atoms with E-state index in [9.17, 15) is 40.0 Å². The maximum Gasteiger partial charge on any atom is 0.317 e. The van der Waals surface area contributed by atoms with Crippen molar-refractivity contribution < 1.29 is 40.0 Å². The van der Waals surface area contributed by atoms with Crippen molar-refractivity contribution in [3.05, 3.63) is 182 Å². The number of aromatic nitrogens is 5. The molecule has 0 bridgehead atoms. The number of amides is 4. The molecule has 5 aromatic carbocycles. The second kappa shape index (κ2) is 33.8. The average Bonchev–Trinajstić information content (AvgIpc) is 1.79. The predicted molar refractivity (Wildman–Crippen MR) is 413 cm³/mol. The number of fused-ring (bicyclic) bond motifs is 5. The Morgan fingerprint density at radius 1 is 0.485 bits per heavy atom. The lowest BCUT2D eigenvalue weighted by molar-refractivity contribution is -0.130. The van der Waals surface area contributed by atoms with E-state index in [1.165, 1.54) is 67.3 Å². The Kier molecular flexibility index (Phi) is 25.1. The van der Waals surface area contributed by atoms with Gasteiger partial charge in [0.2, 0.25) is 31.9 Å². The van der Waals surface area contributed by atoms with E-state index in [2.05, 4.69) is 77.9 Å². The number of sulfonamides is 2. The quantitative estimate of drug-likeness (QED) is 0.0769. The van der Waals surface area contributed by atoms with Gasteiger partial charge in [0.05, 0.1) is 22.6 Å². The van der Waals surface area contributed by atoms with Gasteiger partial charge in [0.25, 0.3) is 0 Å². The van der Waals surface area contributed by atoms with Crippen LogP contribution in [0, 0.1) is 11.6 Å². The number of para-hydroxylation sites is 1. The van der Waals surface area contributed by atoms with Crippen molar-refractivity contribution in [3.8, 4) is 0 Å². The number of hydrogen-bond acceptors (Lipinski definition) is 8. The SMILES string of the molecule is CC(=O)N1CC=C(c2c[nH]c3cc(F)c(Cl)cc23)CC1.CC(=O)N1CCC(c2c[nH]c3cc(Cl)ccc23)CC1.CN(C)CCNC(=O)N1CCC(c2c[nH]c3ccccc23)CC1.CS(=O)(=O)N1CCC(c2c[nH]c3cc(Cl)c(F)cc23)CC1.CS(=O)(=O)N1CCC(c2c[nH]c3cc(Cl)ccc23)CC1. The smallest absolute Gasteiger partial charge is 0.317 e. The molecule has 5 aromatic heterocycles. The van der Waals surface area contributed by atoms with Gasteiger partial charge < -0.3 is 49.8 Å². The van der Waals surface area contributed by atoms with Crippen LogP contribution in [0.3, 0.4) is 0 Å². The molecule has 550 valence electrons. The van der Waals surface area contributed by atoms with Gasteiger partial charge in [-0.25, -0.2) is 39.0 Å². The summed E-state index contributed by atoms with van der Waals surface area (Å²) in [6.07, 6.45) is 22.7. The van der Waals surface area contributed by atoms with Gasteiger partial charge in [0.1, 0.15) is 11.6 Å². The van der Waals surface area contributed by atoms with Gasteiger partial charge in [-0.3, -0.25) is 9.59 Å². The average molecular weight is 1530 g/mol. The minimum absolute atomic E-state index is 0.0734. The van der Waals surface area contributed by atoms with E-state index < -0.39 is 31.7 Å². The van der Waals surface area contributed by atoms with E-state index >= 15 is 0 Å². The van der Waals surface area contributed by atoms with Gasteiger partial charge in [-0.1, -0.05) is 82.8 Å². The van der Waals surface area contributed by atoms with Crippen LogP contribution in [0.5, 0.6) is 0 Å². The molecule has 0 spiro atoms. The first-order valence-electron chi connectivity index (χ1n) is 35.0. The van der Waals surface area contributed by atoms with E-state index in [0.29, 0.717) is 63.6 Å². The van der Waals surface area contributed by atoms with Crippen LogP contribution < -0.4 is 5.32 Å². The van der Waals surface area contributed by atoms with Crippen molar-refractivity contribution in [2.45, 2.75) is 95.3 Å². The fourth-order valence-electron chi connectivity index (χ4n) is 14.8. The zero-order valence-corrected chi connectivity index (χ0v) is 63.5. The second-order valence-electron chi connectivity index (χ2n) is 27.6. The Morgan fingerprint density at radius 2 is 0.903 bits per heavy atom. The highest BCUT2D eigenvalue weighted by Crippen LogP contribution is 2.40. The number of aromatic amines is 5. The molecule has 15 rings (SSSR count). The minimum Gasteiger partial charge on any atom is -0.361 e. The Balaban J connectivity index is 0.000000129. The molecule has 0 aliphatic carbocycles. The summed E-state index contributed by atoms with van der Waals surface area (Å²) in [7, 11) is -2.16. The monoisotopic (exact) mass is 1520 g/mol. The van der Waals surface area contributed by atoms with Crippen molar-refractivity contribution in [3.63, 3.8) is 0 Å². The fourth-order valence-corrected chi connectivity index (χ4v) is 17.2. The van der Waals surface area contributed by atoms with Crippen LogP contribution in [0.4, 0.5) is 13.6 Å². The number of carbonyl (C=O) groups is 3. The minimum atomic E-state index is -3.12. The maximum absolute atomic E-state index is 13.7. The summed E-state index contributed by atoms with van der Waals surface area (Å²) in [6.45, 7) is 11.7. The molecule has 10 aromatic rings. The molecule has 4 amide bonds. The first-order chi connectivity index (χ1) is 49.2. The highest BCUT2D eigenvalue weighted by atomic mass is 35.5. The first kappa shape index (κ1) is 76.7. The number of likely N-dealkylation sites (N-methyl/N-ethyl adjacent to an activating group) is 1. The van der Waals surface area contributed by atoms with Gasteiger partial charge in [-0.15, -0.1) is 0 Å². The predicted octanol–water partition coefficient (Wildman–Crippen LogP) is 15.8. The van der Waals surface area contributed by atoms with Crippen molar-refractivity contribution in [2.75, 3.05) is 105 Å². The molecule has 0 radical (unpaired) electrons. The Hall–Kier alpha value is -7.45. The van der Waals surface area contributed by atoms with Crippen molar-refractivity contribution >= 4 is 144 Å². The summed E-state index contributed by atoms with van der Waals surface area (Å²) in [5.41, 5.74) is 12.1. The van der Waals surface area contributed by atoms with E-state index in [1.54, 1.807) is 35.2 Å². The van der Waals surface area contributed by atoms with Gasteiger partial charge in [-0.05, 0) is 178 Å². The van der Waals surface area contributed by atoms with Crippen LogP contribution in [-0.4, -0.2) is 193 Å². The molecule has 5 aliphatic rings. The molecule has 0 saturated carbocycles. The summed E-state index contributed by atoms with van der Waals surface area (Å²) in [4.78, 5) is 58.7. The molecule has 0 unspecified atom stereocenters. The fraction of sp³-hybridized carbons (Fsp3) is 0.408. The normalized spacial score (nSPS) is 17.2. The Morgan fingerprint density at radius 3 is 1.38 bits per heavy atom. The van der Waals surface area contributed by atoms with E-state index in [1.807, 2.05) is 78.9 Å². The van der Waals surface area contributed by atoms with Crippen molar-refractivity contribution in [1.29, 1.82) is 0 Å². The standard InChI is InChI=1S/C18H26N4O.C15H14ClFN2O.C15H17ClN2O.C14H16ClFN2O2S.C14H17ClN2O2S/c1-21(2)12-9-19-18(23)22-10-7-14(8-11-22)16-13-20-17-6-4-3-5-15(16)17;1-9(20)19-4-2-10(3-5-19)12-8-18-15-7-14(17)13(16)6-11(12)15;1-10(19)18-6-4-11(5-7-18)14-9-17-15-8-12(16)2-3-13(14)15;1-21(19,20)18-4-2-9(3-5-18)11-8-17-14-7-12(15)13(16)6-10(11)14;1-20(18,19)17-6-4-10(5-7-17)13-9-16-14-8-11(15)2-3-12(13)14/h3-6,13-14,20H,7-12H2,1-2H3,(H,19,23);2,6-8,18H,3-5H2,1H3;2-3,8-9,11,17H,4-7H2,1H3;6-9,17H,2-5H2,1H3;2-3,8-10,16H,4-7H2,1H3. The highest BCUT2D eigenvalue weighted by molar-refractivity contribution is 7.88. The number of H-pyrrole nitrogens is 5. The lowest BCUT2D eigenvalue weighted by Crippen LogP contribution is -2.45. The van der Waals surface area contributed by atoms with Gasteiger partial charge in [-0.2, -0.15) is 0 Å². The zero-order chi connectivity index (χ0) is 73.4. The van der Waals surface area contributed by atoms with E-state index in [4.69, 9.17) is 46.4 Å². The number of halogens is 6. The highest BCUT2D eigenvalue weighted by Gasteiger charge is 2.31. The van der Waals surface area contributed by atoms with Crippen LogP contribution in [0.25, 0.3) is 60.1 Å². The molecular weight excluding hydrogens is 1440 g/mol. The lowest BCUT2D eigenvalue weighted by atomic mass is 9.89. The summed E-state index contributed by atoms with van der Waals surface area (Å²) >= 11 is 23.6. The summed E-state index contributed by atoms with van der Waals surface area (Å²) < 4.78 is 76.3. The third-order valence-corrected chi connectivity index (χ3v) is 24.3. The topological polar surface area (TPSA) is 230 Å².